The molecule has 2 aliphatic rings. The van der Waals surface area contributed by atoms with Gasteiger partial charge < -0.3 is 4.52 Å². The molecular formula is C23H26N8O. The van der Waals surface area contributed by atoms with Crippen LogP contribution >= 0.6 is 0 Å². The molecule has 0 saturated carbocycles. The van der Waals surface area contributed by atoms with E-state index in [1.54, 1.807) is 0 Å². The summed E-state index contributed by atoms with van der Waals surface area (Å²) in [5, 5.41) is 13.3. The SMILES string of the molecule is Cc1ccc2c(c1)-n1nnc(CN3CCCC3)c1Cc1c(-c3nc(C(C)C)no3)ncn1-2. The fourth-order valence-electron chi connectivity index (χ4n) is 4.64. The number of benzene rings is 1. The first kappa shape index (κ1) is 19.4. The molecule has 0 atom stereocenters. The van der Waals surface area contributed by atoms with Crippen molar-refractivity contribution < 1.29 is 4.52 Å². The van der Waals surface area contributed by atoms with Gasteiger partial charge in [0.05, 0.1) is 22.8 Å². The van der Waals surface area contributed by atoms with Gasteiger partial charge in [0.2, 0.25) is 0 Å². The third-order valence-corrected chi connectivity index (χ3v) is 6.40. The van der Waals surface area contributed by atoms with Crippen LogP contribution in [0.3, 0.4) is 0 Å². The summed E-state index contributed by atoms with van der Waals surface area (Å²) in [7, 11) is 0. The lowest BCUT2D eigenvalue weighted by Gasteiger charge is -2.13. The van der Waals surface area contributed by atoms with Crippen LogP contribution in [0, 0.1) is 6.92 Å². The number of likely N-dealkylation sites (tertiary alicyclic amines) is 1. The summed E-state index contributed by atoms with van der Waals surface area (Å²) in [5.74, 6) is 1.33. The minimum Gasteiger partial charge on any atom is -0.332 e. The predicted molar refractivity (Wildman–Crippen MR) is 118 cm³/mol. The lowest BCUT2D eigenvalue weighted by molar-refractivity contribution is 0.326. The summed E-state index contributed by atoms with van der Waals surface area (Å²) in [4.78, 5) is 11.8. The van der Waals surface area contributed by atoms with E-state index < -0.39 is 0 Å². The van der Waals surface area contributed by atoms with Crippen molar-refractivity contribution in [2.75, 3.05) is 13.1 Å². The fraction of sp³-hybridized carbons (Fsp3) is 0.435. The minimum atomic E-state index is 0.190. The van der Waals surface area contributed by atoms with Gasteiger partial charge in [-0.1, -0.05) is 30.3 Å². The van der Waals surface area contributed by atoms with Gasteiger partial charge in [0, 0.05) is 18.9 Å². The summed E-state index contributed by atoms with van der Waals surface area (Å²) in [5.41, 5.74) is 7.05. The standard InChI is InChI=1S/C23H26N8O/c1-14(2)22-25-23(32-27-22)21-20-11-18-16(12-29-8-4-5-9-29)26-28-31(18)19-10-15(3)6-7-17(19)30(20)13-24-21/h6-7,10,13-14H,4-5,8-9,11-12H2,1-3H3. The molecular weight excluding hydrogens is 404 g/mol. The maximum Gasteiger partial charge on any atom is 0.278 e. The Hall–Kier alpha value is -3.33. The van der Waals surface area contributed by atoms with Gasteiger partial charge in [-0.05, 0) is 50.6 Å². The predicted octanol–water partition coefficient (Wildman–Crippen LogP) is 3.43. The Morgan fingerprint density at radius 3 is 2.72 bits per heavy atom. The second-order valence-corrected chi connectivity index (χ2v) is 9.07. The molecule has 1 saturated heterocycles. The Morgan fingerprint density at radius 1 is 1.09 bits per heavy atom. The highest BCUT2D eigenvalue weighted by atomic mass is 16.5. The molecule has 9 nitrogen and oxygen atoms in total. The number of imidazole rings is 1. The number of aromatic nitrogens is 7. The Bertz CT molecular complexity index is 1290. The molecule has 32 heavy (non-hydrogen) atoms. The lowest BCUT2D eigenvalue weighted by atomic mass is 10.1. The number of hydrogen-bond donors (Lipinski definition) is 0. The van der Waals surface area contributed by atoms with Gasteiger partial charge >= 0.3 is 0 Å². The van der Waals surface area contributed by atoms with Crippen LogP contribution in [0.2, 0.25) is 0 Å². The van der Waals surface area contributed by atoms with Crippen LogP contribution in [0.25, 0.3) is 23.0 Å². The molecule has 0 bridgehead atoms. The van der Waals surface area contributed by atoms with E-state index in [0.29, 0.717) is 18.1 Å². The fourth-order valence-corrected chi connectivity index (χ4v) is 4.64. The van der Waals surface area contributed by atoms with Gasteiger partial charge in [-0.15, -0.1) is 5.10 Å². The summed E-state index contributed by atoms with van der Waals surface area (Å²) < 4.78 is 9.73. The van der Waals surface area contributed by atoms with E-state index in [1.807, 2.05) is 11.0 Å². The van der Waals surface area contributed by atoms with E-state index in [9.17, 15) is 0 Å². The highest BCUT2D eigenvalue weighted by Gasteiger charge is 2.29. The minimum absolute atomic E-state index is 0.190. The van der Waals surface area contributed by atoms with Crippen molar-refractivity contribution >= 4 is 0 Å². The number of aryl methyl sites for hydroxylation is 1. The molecule has 2 aliphatic heterocycles. The molecule has 164 valence electrons. The van der Waals surface area contributed by atoms with Gasteiger partial charge in [-0.3, -0.25) is 9.47 Å². The van der Waals surface area contributed by atoms with Crippen molar-refractivity contribution in [3.05, 3.63) is 53.0 Å². The third-order valence-electron chi connectivity index (χ3n) is 6.40. The first-order valence-electron chi connectivity index (χ1n) is 11.3. The van der Waals surface area contributed by atoms with Gasteiger partial charge in [0.15, 0.2) is 11.5 Å². The molecule has 1 fully saturated rings. The molecule has 0 N–H and O–H groups in total. The van der Waals surface area contributed by atoms with E-state index in [2.05, 4.69) is 68.9 Å². The Balaban J connectivity index is 1.51. The van der Waals surface area contributed by atoms with E-state index in [4.69, 9.17) is 9.51 Å². The summed E-state index contributed by atoms with van der Waals surface area (Å²) >= 11 is 0. The topological polar surface area (TPSA) is 90.7 Å². The number of fused-ring (bicyclic) bond motifs is 5. The van der Waals surface area contributed by atoms with Crippen LogP contribution < -0.4 is 0 Å². The van der Waals surface area contributed by atoms with Crippen LogP contribution in [-0.4, -0.2) is 52.7 Å². The molecule has 3 aromatic heterocycles. The summed E-state index contributed by atoms with van der Waals surface area (Å²) in [6.45, 7) is 9.25. The van der Waals surface area contributed by atoms with Crippen molar-refractivity contribution in [3.8, 4) is 23.0 Å². The molecule has 4 aromatic rings. The van der Waals surface area contributed by atoms with E-state index in [0.717, 1.165) is 53.8 Å². The molecule has 9 heteroatoms. The van der Waals surface area contributed by atoms with Crippen LogP contribution in [0.5, 0.6) is 0 Å². The van der Waals surface area contributed by atoms with Crippen LogP contribution in [0.15, 0.2) is 29.0 Å². The van der Waals surface area contributed by atoms with E-state index >= 15 is 0 Å². The smallest absolute Gasteiger partial charge is 0.278 e. The molecule has 5 heterocycles. The van der Waals surface area contributed by atoms with Crippen LogP contribution in [-0.2, 0) is 13.0 Å². The van der Waals surface area contributed by atoms with Crippen molar-refractivity contribution in [2.45, 2.75) is 52.5 Å². The molecule has 6 rings (SSSR count). The zero-order valence-corrected chi connectivity index (χ0v) is 18.6. The lowest BCUT2D eigenvalue weighted by Crippen LogP contribution is -2.19. The maximum absolute atomic E-state index is 5.61. The highest BCUT2D eigenvalue weighted by molar-refractivity contribution is 5.62. The molecule has 0 unspecified atom stereocenters. The van der Waals surface area contributed by atoms with Crippen molar-refractivity contribution in [1.82, 2.24) is 39.6 Å². The average Bonchev–Trinajstić information content (AvgIpc) is 3.55. The molecule has 1 aromatic carbocycles. The van der Waals surface area contributed by atoms with Crippen molar-refractivity contribution in [3.63, 3.8) is 0 Å². The summed E-state index contributed by atoms with van der Waals surface area (Å²) in [6.07, 6.45) is 4.98. The van der Waals surface area contributed by atoms with Crippen molar-refractivity contribution in [1.29, 1.82) is 0 Å². The number of nitrogens with zero attached hydrogens (tertiary/aromatic N) is 8. The van der Waals surface area contributed by atoms with Crippen molar-refractivity contribution in [2.24, 2.45) is 0 Å². The Morgan fingerprint density at radius 2 is 1.94 bits per heavy atom. The quantitative estimate of drug-likeness (QED) is 0.431. The maximum atomic E-state index is 5.61. The Labute approximate surface area is 186 Å². The van der Waals surface area contributed by atoms with Crippen LogP contribution in [0.4, 0.5) is 0 Å². The molecule has 0 amide bonds. The van der Waals surface area contributed by atoms with E-state index in [-0.39, 0.29) is 5.92 Å². The normalized spacial score (nSPS) is 15.6. The molecule has 0 spiro atoms. The monoisotopic (exact) mass is 430 g/mol. The second-order valence-electron chi connectivity index (χ2n) is 9.07. The second kappa shape index (κ2) is 7.37. The van der Waals surface area contributed by atoms with Gasteiger partial charge in [-0.2, -0.15) is 4.98 Å². The Kier molecular flexibility index (Phi) is 4.46. The average molecular weight is 431 g/mol. The highest BCUT2D eigenvalue weighted by Crippen LogP contribution is 2.34. The zero-order chi connectivity index (χ0) is 21.8. The largest absolute Gasteiger partial charge is 0.332 e. The van der Waals surface area contributed by atoms with Crippen LogP contribution in [0.1, 0.15) is 61.1 Å². The first-order chi connectivity index (χ1) is 15.6. The molecule has 0 radical (unpaired) electrons. The molecule has 0 aliphatic carbocycles. The van der Waals surface area contributed by atoms with Gasteiger partial charge in [0.25, 0.3) is 5.89 Å². The van der Waals surface area contributed by atoms with Gasteiger partial charge in [0.1, 0.15) is 12.0 Å². The number of rotatable bonds is 4. The zero-order valence-electron chi connectivity index (χ0n) is 18.6. The number of hydrogen-bond acceptors (Lipinski definition) is 7. The summed E-state index contributed by atoms with van der Waals surface area (Å²) in [6, 6.07) is 6.38. The van der Waals surface area contributed by atoms with E-state index in [1.165, 1.54) is 18.4 Å². The third kappa shape index (κ3) is 3.07. The first-order valence-corrected chi connectivity index (χ1v) is 11.3. The van der Waals surface area contributed by atoms with Gasteiger partial charge in [-0.25, -0.2) is 9.67 Å².